The number of nitrogens with one attached hydrogen (secondary N) is 3. The van der Waals surface area contributed by atoms with Crippen LogP contribution in [-0.4, -0.2) is 43.1 Å². The van der Waals surface area contributed by atoms with Crippen molar-refractivity contribution in [3.8, 4) is 11.8 Å². The highest BCUT2D eigenvalue weighted by Gasteiger charge is 2.27. The van der Waals surface area contributed by atoms with E-state index in [1.165, 1.54) is 42.3 Å². The second kappa shape index (κ2) is 22.4. The van der Waals surface area contributed by atoms with E-state index < -0.39 is 23.8 Å². The quantitative estimate of drug-likeness (QED) is 0.0770. The molecular formula is C46H57ClN6O4. The number of rotatable bonds is 20. The molecule has 3 aromatic carbocycles. The maximum absolute atomic E-state index is 14.2. The van der Waals surface area contributed by atoms with Crippen LogP contribution in [0.5, 0.6) is 5.75 Å². The van der Waals surface area contributed by atoms with Gasteiger partial charge in [-0.15, -0.1) is 0 Å². The number of unbranched alkanes of at least 4 members (excludes halogenated alkanes) is 5. The van der Waals surface area contributed by atoms with Crippen LogP contribution in [0.1, 0.15) is 108 Å². The van der Waals surface area contributed by atoms with Crippen LogP contribution in [0.2, 0.25) is 5.02 Å². The highest BCUT2D eigenvalue weighted by Crippen LogP contribution is 2.28. The molecule has 3 aromatic rings. The standard InChI is InChI=1S/C46H57ClN6O4/c1-7-11-14-16-32-19-24-43(33(26-32)17-15-12-8-2)57-44(18-13-9-3)45(55)51-40-29-42(54)41(52-46(56)49-35-21-20-34(30-48)37(47)27-35)28-39(40)50-38-23-22-36(25-31(38)5)53(6)10-4/h19-29,44H,7-18H2,1-6H3,(H,51,55)(H2,49,52,56). The second-order valence-electron chi connectivity index (χ2n) is 14.4. The van der Waals surface area contributed by atoms with E-state index in [0.29, 0.717) is 23.5 Å². The fourth-order valence-corrected chi connectivity index (χ4v) is 6.61. The average Bonchev–Trinajstić information content (AvgIpc) is 3.19. The SMILES string of the molecule is CCCCCc1ccc(OC(CCCC)C(=O)NC2=CC(=O)C(NC(=O)Nc3ccc(C#N)c(Cl)c3)=CC2=Nc2ccc(N(C)CC)cc2C)c(CCCCC)c1. The number of amides is 3. The number of nitrogens with zero attached hydrogens (tertiary/aromatic N) is 3. The third-order valence-corrected chi connectivity index (χ3v) is 10.2. The molecule has 11 heteroatoms. The van der Waals surface area contributed by atoms with Gasteiger partial charge in [-0.2, -0.15) is 5.26 Å². The van der Waals surface area contributed by atoms with Gasteiger partial charge in [-0.3, -0.25) is 9.59 Å². The molecule has 1 aliphatic carbocycles. The molecule has 4 rings (SSSR count). The molecule has 0 radical (unpaired) electrons. The summed E-state index contributed by atoms with van der Waals surface area (Å²) in [5.41, 5.74) is 5.97. The number of nitriles is 1. The van der Waals surface area contributed by atoms with Gasteiger partial charge in [0.25, 0.3) is 5.91 Å². The molecule has 0 fully saturated rings. The molecule has 57 heavy (non-hydrogen) atoms. The average molecular weight is 793 g/mol. The number of allylic oxidation sites excluding steroid dienone is 2. The number of aliphatic imine (C=N–C) groups is 1. The summed E-state index contributed by atoms with van der Waals surface area (Å²) in [7, 11) is 2.01. The maximum atomic E-state index is 14.2. The zero-order valence-electron chi connectivity index (χ0n) is 34.3. The summed E-state index contributed by atoms with van der Waals surface area (Å²) in [4.78, 5) is 47.9. The van der Waals surface area contributed by atoms with Crippen LogP contribution in [0.4, 0.5) is 21.9 Å². The lowest BCUT2D eigenvalue weighted by Gasteiger charge is -2.23. The molecule has 3 N–H and O–H groups in total. The van der Waals surface area contributed by atoms with Crippen LogP contribution in [0, 0.1) is 18.3 Å². The molecular weight excluding hydrogens is 736 g/mol. The Hall–Kier alpha value is -5.40. The first-order valence-electron chi connectivity index (χ1n) is 20.3. The zero-order chi connectivity index (χ0) is 41.3. The van der Waals surface area contributed by atoms with Gasteiger partial charge in [0.2, 0.25) is 5.78 Å². The lowest BCUT2D eigenvalue weighted by Crippen LogP contribution is -2.41. The van der Waals surface area contributed by atoms with Gasteiger partial charge in [0, 0.05) is 31.0 Å². The Kier molecular flexibility index (Phi) is 17.4. The van der Waals surface area contributed by atoms with E-state index in [1.54, 1.807) is 0 Å². The zero-order valence-corrected chi connectivity index (χ0v) is 35.0. The van der Waals surface area contributed by atoms with Gasteiger partial charge in [0.1, 0.15) is 11.8 Å². The highest BCUT2D eigenvalue weighted by atomic mass is 35.5. The molecule has 302 valence electrons. The fourth-order valence-electron chi connectivity index (χ4n) is 6.38. The Labute approximate surface area is 343 Å². The number of hydrogen-bond acceptors (Lipinski definition) is 7. The first-order valence-corrected chi connectivity index (χ1v) is 20.6. The number of carbonyl (C=O) groups excluding carboxylic acids is 3. The summed E-state index contributed by atoms with van der Waals surface area (Å²) < 4.78 is 6.58. The first kappa shape index (κ1) is 44.3. The van der Waals surface area contributed by atoms with Crippen molar-refractivity contribution in [3.05, 3.63) is 105 Å². The Morgan fingerprint density at radius 3 is 2.26 bits per heavy atom. The molecule has 10 nitrogen and oxygen atoms in total. The van der Waals surface area contributed by atoms with Crippen molar-refractivity contribution in [1.29, 1.82) is 5.26 Å². The van der Waals surface area contributed by atoms with Gasteiger partial charge in [0.05, 0.1) is 33.4 Å². The van der Waals surface area contributed by atoms with Crippen molar-refractivity contribution in [1.82, 2.24) is 10.6 Å². The maximum Gasteiger partial charge on any atom is 0.323 e. The van der Waals surface area contributed by atoms with E-state index in [2.05, 4.69) is 60.7 Å². The molecule has 0 saturated carbocycles. The molecule has 3 amide bonds. The minimum atomic E-state index is -0.822. The topological polar surface area (TPSA) is 136 Å². The molecule has 0 aliphatic heterocycles. The lowest BCUT2D eigenvalue weighted by atomic mass is 10.00. The number of ether oxygens (including phenoxy) is 1. The molecule has 1 unspecified atom stereocenters. The fraction of sp³-hybridized carbons (Fsp3) is 0.413. The van der Waals surface area contributed by atoms with Gasteiger partial charge < -0.3 is 25.6 Å². The van der Waals surface area contributed by atoms with E-state index >= 15 is 0 Å². The van der Waals surface area contributed by atoms with E-state index in [1.807, 2.05) is 44.3 Å². The van der Waals surface area contributed by atoms with Crippen molar-refractivity contribution in [3.63, 3.8) is 0 Å². The smallest absolute Gasteiger partial charge is 0.323 e. The van der Waals surface area contributed by atoms with Crippen molar-refractivity contribution in [2.24, 2.45) is 4.99 Å². The molecule has 0 bridgehead atoms. The second-order valence-corrected chi connectivity index (χ2v) is 14.8. The van der Waals surface area contributed by atoms with Crippen LogP contribution < -0.4 is 25.6 Å². The predicted molar refractivity (Wildman–Crippen MR) is 232 cm³/mol. The van der Waals surface area contributed by atoms with Gasteiger partial charge in [0.15, 0.2) is 6.10 Å². The van der Waals surface area contributed by atoms with E-state index in [-0.39, 0.29) is 27.7 Å². The largest absolute Gasteiger partial charge is 0.480 e. The minimum absolute atomic E-state index is 0.0430. The van der Waals surface area contributed by atoms with Crippen molar-refractivity contribution in [2.75, 3.05) is 23.8 Å². The lowest BCUT2D eigenvalue weighted by molar-refractivity contribution is -0.127. The minimum Gasteiger partial charge on any atom is -0.480 e. The van der Waals surface area contributed by atoms with Gasteiger partial charge in [-0.25, -0.2) is 9.79 Å². The first-order chi connectivity index (χ1) is 27.5. The Morgan fingerprint density at radius 2 is 1.60 bits per heavy atom. The number of anilines is 2. The number of carbonyl (C=O) groups is 3. The normalized spacial score (nSPS) is 13.6. The summed E-state index contributed by atoms with van der Waals surface area (Å²) in [6.45, 7) is 11.3. The Morgan fingerprint density at radius 1 is 0.860 bits per heavy atom. The van der Waals surface area contributed by atoms with E-state index in [0.717, 1.165) is 81.1 Å². The monoisotopic (exact) mass is 792 g/mol. The third-order valence-electron chi connectivity index (χ3n) is 9.91. The molecule has 1 atom stereocenters. The Balaban J connectivity index is 1.65. The molecule has 0 spiro atoms. The van der Waals surface area contributed by atoms with Crippen molar-refractivity contribution < 1.29 is 19.1 Å². The molecule has 0 aromatic heterocycles. The third kappa shape index (κ3) is 13.1. The van der Waals surface area contributed by atoms with Crippen LogP contribution >= 0.6 is 11.6 Å². The predicted octanol–water partition coefficient (Wildman–Crippen LogP) is 10.4. The number of benzene rings is 3. The molecule has 1 aliphatic rings. The van der Waals surface area contributed by atoms with Crippen LogP contribution in [0.3, 0.4) is 0 Å². The van der Waals surface area contributed by atoms with Gasteiger partial charge in [-0.05, 0) is 118 Å². The number of halogens is 1. The molecule has 0 heterocycles. The number of urea groups is 1. The summed E-state index contributed by atoms with van der Waals surface area (Å²) in [5.74, 6) is -0.215. The van der Waals surface area contributed by atoms with Crippen LogP contribution in [0.25, 0.3) is 0 Å². The number of aryl methyl sites for hydroxylation is 3. The van der Waals surface area contributed by atoms with E-state index in [9.17, 15) is 19.6 Å². The van der Waals surface area contributed by atoms with E-state index in [4.69, 9.17) is 21.3 Å². The van der Waals surface area contributed by atoms with Crippen LogP contribution in [0.15, 0.2) is 83.1 Å². The Bertz CT molecular complexity index is 2030. The van der Waals surface area contributed by atoms with Crippen LogP contribution in [-0.2, 0) is 22.4 Å². The summed E-state index contributed by atoms with van der Waals surface area (Å²) >= 11 is 6.16. The van der Waals surface area contributed by atoms with Crippen molar-refractivity contribution in [2.45, 2.75) is 111 Å². The highest BCUT2D eigenvalue weighted by molar-refractivity contribution is 6.32. The number of hydrogen-bond donors (Lipinski definition) is 3. The molecule has 0 saturated heterocycles. The summed E-state index contributed by atoms with van der Waals surface area (Å²) in [6.07, 6.45) is 12.6. The summed E-state index contributed by atoms with van der Waals surface area (Å²) in [5, 5.41) is 17.6. The van der Waals surface area contributed by atoms with Crippen molar-refractivity contribution >= 4 is 52.1 Å². The van der Waals surface area contributed by atoms with Gasteiger partial charge >= 0.3 is 6.03 Å². The summed E-state index contributed by atoms with van der Waals surface area (Å²) in [6, 6.07) is 18.0. The van der Waals surface area contributed by atoms with Gasteiger partial charge in [-0.1, -0.05) is 76.6 Å². The number of ketones is 1.